The summed E-state index contributed by atoms with van der Waals surface area (Å²) in [5.41, 5.74) is 0.593. The highest BCUT2D eigenvalue weighted by Gasteiger charge is 2.17. The maximum Gasteiger partial charge on any atom is 0.268 e. The second kappa shape index (κ2) is 6.16. The largest absolute Gasteiger partial charge is 0.394 e. The summed E-state index contributed by atoms with van der Waals surface area (Å²) >= 11 is 0. The third-order valence-electron chi connectivity index (χ3n) is 3.60. The third kappa shape index (κ3) is 3.54. The molecule has 1 aromatic heterocycles. The predicted octanol–water partition coefficient (Wildman–Crippen LogP) is -0.167. The Morgan fingerprint density at radius 1 is 1.47 bits per heavy atom. The molecule has 1 unspecified atom stereocenters. The van der Waals surface area contributed by atoms with E-state index in [2.05, 4.69) is 16.9 Å². The topological polar surface area (TPSA) is 78.6 Å². The Balaban J connectivity index is 2.08. The Labute approximate surface area is 112 Å². The van der Waals surface area contributed by atoms with Gasteiger partial charge in [0.05, 0.1) is 31.1 Å². The van der Waals surface area contributed by atoms with Gasteiger partial charge in [0.15, 0.2) is 0 Å². The van der Waals surface area contributed by atoms with E-state index in [0.29, 0.717) is 0 Å². The van der Waals surface area contributed by atoms with Gasteiger partial charge >= 0.3 is 0 Å². The van der Waals surface area contributed by atoms with Crippen LogP contribution in [0.4, 0.5) is 5.69 Å². The van der Waals surface area contributed by atoms with Gasteiger partial charge in [0.25, 0.3) is 5.56 Å². The van der Waals surface area contributed by atoms with Gasteiger partial charge in [-0.2, -0.15) is 5.10 Å². The molecule has 0 bridgehead atoms. The van der Waals surface area contributed by atoms with Crippen molar-refractivity contribution in [2.24, 2.45) is 5.92 Å². The Kier molecular flexibility index (Phi) is 4.55. The molecule has 106 valence electrons. The molecule has 0 aliphatic carbocycles. The van der Waals surface area contributed by atoms with Crippen molar-refractivity contribution in [2.75, 3.05) is 24.6 Å². The summed E-state index contributed by atoms with van der Waals surface area (Å²) in [7, 11) is 0. The second-order valence-electron chi connectivity index (χ2n) is 5.24. The molecule has 2 N–H and O–H groups in total. The van der Waals surface area contributed by atoms with Crippen molar-refractivity contribution >= 4 is 5.69 Å². The summed E-state index contributed by atoms with van der Waals surface area (Å²) in [5.74, 6) is 0.740. The van der Waals surface area contributed by atoms with Crippen molar-refractivity contribution in [1.82, 2.24) is 9.78 Å². The quantitative estimate of drug-likeness (QED) is 0.792. The first-order chi connectivity index (χ1) is 9.10. The monoisotopic (exact) mass is 267 g/mol. The zero-order valence-electron chi connectivity index (χ0n) is 11.2. The fourth-order valence-electron chi connectivity index (χ4n) is 2.26. The summed E-state index contributed by atoms with van der Waals surface area (Å²) in [6.07, 6.45) is 2.96. The third-order valence-corrected chi connectivity index (χ3v) is 3.60. The van der Waals surface area contributed by atoms with E-state index in [9.17, 15) is 9.90 Å². The van der Waals surface area contributed by atoms with Crippen LogP contribution in [0.15, 0.2) is 17.1 Å². The number of anilines is 1. The van der Waals surface area contributed by atoms with E-state index >= 15 is 0 Å². The molecule has 6 nitrogen and oxygen atoms in total. The minimum absolute atomic E-state index is 0.0205. The molecule has 1 atom stereocenters. The van der Waals surface area contributed by atoms with Gasteiger partial charge in [0.2, 0.25) is 0 Å². The molecule has 1 fully saturated rings. The normalized spacial score (nSPS) is 18.6. The highest BCUT2D eigenvalue weighted by molar-refractivity contribution is 5.43. The number of aliphatic hydroxyl groups is 2. The minimum atomic E-state index is -0.952. The molecule has 1 aromatic rings. The van der Waals surface area contributed by atoms with Crippen LogP contribution in [0.5, 0.6) is 0 Å². The SMILES string of the molecule is CC1CCN(c2cnn(CC(O)CO)c(=O)c2)CC1. The standard InChI is InChI=1S/C13H21N3O3/c1-10-2-4-15(5-3-10)11-6-13(19)16(14-7-11)8-12(18)9-17/h6-7,10,12,17-18H,2-5,8-9H2,1H3. The molecule has 19 heavy (non-hydrogen) atoms. The summed E-state index contributed by atoms with van der Waals surface area (Å²) in [4.78, 5) is 14.0. The van der Waals surface area contributed by atoms with Gasteiger partial charge < -0.3 is 15.1 Å². The van der Waals surface area contributed by atoms with Gasteiger partial charge in [-0.05, 0) is 18.8 Å². The van der Waals surface area contributed by atoms with E-state index in [4.69, 9.17) is 5.11 Å². The summed E-state index contributed by atoms with van der Waals surface area (Å²) in [5, 5.41) is 22.1. The van der Waals surface area contributed by atoms with Crippen LogP contribution in [-0.4, -0.2) is 45.8 Å². The zero-order chi connectivity index (χ0) is 13.8. The van der Waals surface area contributed by atoms with Gasteiger partial charge in [0.1, 0.15) is 0 Å². The second-order valence-corrected chi connectivity index (χ2v) is 5.24. The van der Waals surface area contributed by atoms with Crippen LogP contribution in [0.1, 0.15) is 19.8 Å². The Morgan fingerprint density at radius 3 is 2.74 bits per heavy atom. The predicted molar refractivity (Wildman–Crippen MR) is 72.2 cm³/mol. The maximum absolute atomic E-state index is 11.9. The van der Waals surface area contributed by atoms with E-state index in [1.54, 1.807) is 12.3 Å². The number of aliphatic hydroxyl groups excluding tert-OH is 2. The van der Waals surface area contributed by atoms with E-state index in [-0.39, 0.29) is 18.7 Å². The van der Waals surface area contributed by atoms with Gasteiger partial charge in [-0.15, -0.1) is 0 Å². The van der Waals surface area contributed by atoms with Crippen molar-refractivity contribution in [2.45, 2.75) is 32.4 Å². The summed E-state index contributed by atoms with van der Waals surface area (Å²) in [6, 6.07) is 1.55. The molecule has 0 spiro atoms. The lowest BCUT2D eigenvalue weighted by Gasteiger charge is -2.31. The Morgan fingerprint density at radius 2 is 2.16 bits per heavy atom. The van der Waals surface area contributed by atoms with Crippen LogP contribution in [-0.2, 0) is 6.54 Å². The van der Waals surface area contributed by atoms with Crippen molar-refractivity contribution in [3.63, 3.8) is 0 Å². The lowest BCUT2D eigenvalue weighted by molar-refractivity contribution is 0.0770. The van der Waals surface area contributed by atoms with Gasteiger partial charge in [-0.1, -0.05) is 6.92 Å². The number of aromatic nitrogens is 2. The van der Waals surface area contributed by atoms with E-state index in [0.717, 1.165) is 37.5 Å². The lowest BCUT2D eigenvalue weighted by Crippen LogP contribution is -2.35. The smallest absolute Gasteiger partial charge is 0.268 e. The molecule has 0 saturated carbocycles. The first-order valence-corrected chi connectivity index (χ1v) is 6.71. The lowest BCUT2D eigenvalue weighted by atomic mass is 9.99. The molecule has 1 aliphatic rings. The zero-order valence-corrected chi connectivity index (χ0v) is 11.2. The van der Waals surface area contributed by atoms with Crippen LogP contribution in [0.25, 0.3) is 0 Å². The first kappa shape index (κ1) is 14.0. The number of piperidine rings is 1. The molecular formula is C13H21N3O3. The molecule has 1 saturated heterocycles. The number of hydrogen-bond acceptors (Lipinski definition) is 5. The van der Waals surface area contributed by atoms with Crippen LogP contribution in [0.2, 0.25) is 0 Å². The highest BCUT2D eigenvalue weighted by atomic mass is 16.3. The average molecular weight is 267 g/mol. The fourth-order valence-corrected chi connectivity index (χ4v) is 2.26. The van der Waals surface area contributed by atoms with Crippen LogP contribution in [0, 0.1) is 5.92 Å². The van der Waals surface area contributed by atoms with E-state index in [1.165, 1.54) is 4.68 Å². The fraction of sp³-hybridized carbons (Fsp3) is 0.692. The summed E-state index contributed by atoms with van der Waals surface area (Å²) in [6.45, 7) is 3.79. The van der Waals surface area contributed by atoms with Gasteiger partial charge in [-0.3, -0.25) is 4.79 Å². The highest BCUT2D eigenvalue weighted by Crippen LogP contribution is 2.20. The van der Waals surface area contributed by atoms with Gasteiger partial charge in [0, 0.05) is 19.2 Å². The molecule has 0 radical (unpaired) electrons. The Hall–Kier alpha value is -1.40. The van der Waals surface area contributed by atoms with Crippen molar-refractivity contribution in [3.8, 4) is 0 Å². The molecule has 2 heterocycles. The maximum atomic E-state index is 11.9. The molecule has 0 aromatic carbocycles. The number of rotatable bonds is 4. The van der Waals surface area contributed by atoms with Crippen molar-refractivity contribution in [3.05, 3.63) is 22.6 Å². The number of nitrogens with zero attached hydrogens (tertiary/aromatic N) is 3. The molecule has 0 amide bonds. The Bertz CT molecular complexity index is 466. The van der Waals surface area contributed by atoms with Crippen LogP contribution < -0.4 is 10.5 Å². The first-order valence-electron chi connectivity index (χ1n) is 6.71. The van der Waals surface area contributed by atoms with Crippen molar-refractivity contribution < 1.29 is 10.2 Å². The number of hydrogen-bond donors (Lipinski definition) is 2. The summed E-state index contributed by atoms with van der Waals surface area (Å²) < 4.78 is 1.18. The van der Waals surface area contributed by atoms with E-state index in [1.807, 2.05) is 0 Å². The molecule has 1 aliphatic heterocycles. The molecule has 2 rings (SSSR count). The minimum Gasteiger partial charge on any atom is -0.394 e. The molecule has 6 heteroatoms. The average Bonchev–Trinajstić information content (AvgIpc) is 2.41. The van der Waals surface area contributed by atoms with Crippen molar-refractivity contribution in [1.29, 1.82) is 0 Å². The van der Waals surface area contributed by atoms with Crippen LogP contribution in [0.3, 0.4) is 0 Å². The van der Waals surface area contributed by atoms with E-state index < -0.39 is 6.10 Å². The van der Waals surface area contributed by atoms with Gasteiger partial charge in [-0.25, -0.2) is 4.68 Å². The van der Waals surface area contributed by atoms with Crippen LogP contribution >= 0.6 is 0 Å². The molecular weight excluding hydrogens is 246 g/mol.